The summed E-state index contributed by atoms with van der Waals surface area (Å²) in [4.78, 5) is 26.1. The fourth-order valence-electron chi connectivity index (χ4n) is 3.23. The van der Waals surface area contributed by atoms with Gasteiger partial charge >= 0.3 is 5.97 Å². The number of carbonyl (C=O) groups excluding carboxylic acids is 2. The third-order valence-corrected chi connectivity index (χ3v) is 5.80. The Kier molecular flexibility index (Phi) is 6.12. The normalized spacial score (nSPS) is 13.2. The molecule has 1 N–H and O–H groups in total. The highest BCUT2D eigenvalue weighted by molar-refractivity contribution is 7.17. The summed E-state index contributed by atoms with van der Waals surface area (Å²) in [5.74, 6) is -0.482. The SMILES string of the molecule is COC(=O)c1c(NC(=O)C(C#N)=Cc2ccccc2OC)sc2c1CCCC2. The maximum absolute atomic E-state index is 12.7. The molecular formula is C21H20N2O4S. The number of nitrogens with one attached hydrogen (secondary N) is 1. The van der Waals surface area contributed by atoms with Crippen molar-refractivity contribution in [1.82, 2.24) is 0 Å². The van der Waals surface area contributed by atoms with E-state index in [4.69, 9.17) is 9.47 Å². The number of methoxy groups -OCH3 is 2. The summed E-state index contributed by atoms with van der Waals surface area (Å²) in [7, 11) is 2.85. The molecule has 1 aliphatic rings. The Labute approximate surface area is 167 Å². The number of hydrogen-bond acceptors (Lipinski definition) is 6. The minimum absolute atomic E-state index is 0.0771. The third kappa shape index (κ3) is 3.92. The van der Waals surface area contributed by atoms with Gasteiger partial charge in [-0.3, -0.25) is 4.79 Å². The first-order valence-corrected chi connectivity index (χ1v) is 9.69. The fourth-order valence-corrected chi connectivity index (χ4v) is 4.50. The van der Waals surface area contributed by atoms with Gasteiger partial charge in [-0.1, -0.05) is 18.2 Å². The van der Waals surface area contributed by atoms with Crippen LogP contribution >= 0.6 is 11.3 Å². The Morgan fingerprint density at radius 3 is 2.68 bits per heavy atom. The third-order valence-electron chi connectivity index (χ3n) is 4.59. The van der Waals surface area contributed by atoms with Crippen LogP contribution in [-0.2, 0) is 22.4 Å². The van der Waals surface area contributed by atoms with Crippen molar-refractivity contribution in [3.05, 3.63) is 51.4 Å². The molecule has 7 heteroatoms. The summed E-state index contributed by atoms with van der Waals surface area (Å²) in [5, 5.41) is 12.7. The highest BCUT2D eigenvalue weighted by Crippen LogP contribution is 2.38. The van der Waals surface area contributed by atoms with E-state index < -0.39 is 11.9 Å². The number of nitrogens with zero attached hydrogens (tertiary/aromatic N) is 1. The van der Waals surface area contributed by atoms with Crippen LogP contribution in [-0.4, -0.2) is 26.1 Å². The van der Waals surface area contributed by atoms with Crippen molar-refractivity contribution in [1.29, 1.82) is 5.26 Å². The number of amides is 1. The van der Waals surface area contributed by atoms with Crippen molar-refractivity contribution in [2.24, 2.45) is 0 Å². The number of anilines is 1. The fraction of sp³-hybridized carbons (Fsp3) is 0.286. The second-order valence-electron chi connectivity index (χ2n) is 6.27. The number of para-hydroxylation sites is 1. The lowest BCUT2D eigenvalue weighted by atomic mass is 9.95. The maximum Gasteiger partial charge on any atom is 0.341 e. The highest BCUT2D eigenvalue weighted by Gasteiger charge is 2.27. The van der Waals surface area contributed by atoms with Crippen molar-refractivity contribution < 1.29 is 19.1 Å². The zero-order valence-electron chi connectivity index (χ0n) is 15.7. The summed E-state index contributed by atoms with van der Waals surface area (Å²) >= 11 is 1.38. The second-order valence-corrected chi connectivity index (χ2v) is 7.38. The van der Waals surface area contributed by atoms with Gasteiger partial charge in [-0.25, -0.2) is 4.79 Å². The maximum atomic E-state index is 12.7. The van der Waals surface area contributed by atoms with Gasteiger partial charge in [-0.15, -0.1) is 11.3 Å². The van der Waals surface area contributed by atoms with E-state index in [2.05, 4.69) is 5.32 Å². The molecule has 0 aliphatic heterocycles. The topological polar surface area (TPSA) is 88.4 Å². The van der Waals surface area contributed by atoms with E-state index in [0.717, 1.165) is 36.1 Å². The first kappa shape index (κ1) is 19.6. The highest BCUT2D eigenvalue weighted by atomic mass is 32.1. The summed E-state index contributed by atoms with van der Waals surface area (Å²) in [5.41, 5.74) is 1.90. The molecule has 6 nitrogen and oxygen atoms in total. The van der Waals surface area contributed by atoms with Crippen LogP contribution in [0.3, 0.4) is 0 Å². The van der Waals surface area contributed by atoms with Gasteiger partial charge in [-0.05, 0) is 43.4 Å². The minimum atomic E-state index is -0.572. The lowest BCUT2D eigenvalue weighted by Crippen LogP contribution is -2.16. The predicted octanol–water partition coefficient (Wildman–Crippen LogP) is 3.97. The molecule has 0 spiro atoms. The van der Waals surface area contributed by atoms with Gasteiger partial charge in [0.2, 0.25) is 0 Å². The zero-order chi connectivity index (χ0) is 20.1. The molecule has 0 radical (unpaired) electrons. The molecule has 3 rings (SSSR count). The Morgan fingerprint density at radius 2 is 1.96 bits per heavy atom. The van der Waals surface area contributed by atoms with Gasteiger partial charge in [-0.2, -0.15) is 5.26 Å². The standard InChI is InChI=1S/C21H20N2O4S/c1-26-16-9-5-3-7-13(16)11-14(12-22)19(24)23-20-18(21(25)27-2)15-8-4-6-10-17(15)28-20/h3,5,7,9,11H,4,6,8,10H2,1-2H3,(H,23,24). The van der Waals surface area contributed by atoms with Crippen LogP contribution in [0.4, 0.5) is 5.00 Å². The summed E-state index contributed by atoms with van der Waals surface area (Å²) in [6, 6.07) is 9.04. The number of aryl methyl sites for hydroxylation is 1. The molecule has 1 aromatic carbocycles. The van der Waals surface area contributed by atoms with Crippen LogP contribution in [0, 0.1) is 11.3 Å². The lowest BCUT2D eigenvalue weighted by molar-refractivity contribution is -0.112. The van der Waals surface area contributed by atoms with E-state index in [1.165, 1.54) is 31.6 Å². The summed E-state index contributed by atoms with van der Waals surface area (Å²) < 4.78 is 10.2. The van der Waals surface area contributed by atoms with Crippen LogP contribution in [0.25, 0.3) is 6.08 Å². The molecule has 1 aliphatic carbocycles. The van der Waals surface area contributed by atoms with Crippen LogP contribution in [0.1, 0.15) is 39.2 Å². The van der Waals surface area contributed by atoms with E-state index in [1.807, 2.05) is 6.07 Å². The summed E-state index contributed by atoms with van der Waals surface area (Å²) in [6.45, 7) is 0. The number of ether oxygens (including phenoxy) is 2. The number of fused-ring (bicyclic) bond motifs is 1. The van der Waals surface area contributed by atoms with Crippen LogP contribution in [0.15, 0.2) is 29.8 Å². The number of carbonyl (C=O) groups is 2. The van der Waals surface area contributed by atoms with Crippen molar-refractivity contribution in [3.8, 4) is 11.8 Å². The first-order chi connectivity index (χ1) is 13.6. The predicted molar refractivity (Wildman–Crippen MR) is 108 cm³/mol. The Balaban J connectivity index is 1.94. The molecule has 0 saturated carbocycles. The summed E-state index contributed by atoms with van der Waals surface area (Å²) in [6.07, 6.45) is 5.19. The number of benzene rings is 1. The molecule has 2 aromatic rings. The van der Waals surface area contributed by atoms with Gasteiger partial charge in [0, 0.05) is 10.4 Å². The molecule has 0 fully saturated rings. The van der Waals surface area contributed by atoms with E-state index in [0.29, 0.717) is 21.9 Å². The van der Waals surface area contributed by atoms with E-state index in [9.17, 15) is 14.9 Å². The number of nitriles is 1. The van der Waals surface area contributed by atoms with Gasteiger partial charge in [0.25, 0.3) is 5.91 Å². The van der Waals surface area contributed by atoms with Gasteiger partial charge in [0.1, 0.15) is 22.4 Å². The van der Waals surface area contributed by atoms with Gasteiger partial charge in [0.15, 0.2) is 0 Å². The molecule has 28 heavy (non-hydrogen) atoms. The van der Waals surface area contributed by atoms with E-state index in [-0.39, 0.29) is 5.57 Å². The molecule has 0 saturated heterocycles. The number of thiophene rings is 1. The lowest BCUT2D eigenvalue weighted by Gasteiger charge is -2.11. The van der Waals surface area contributed by atoms with E-state index >= 15 is 0 Å². The molecule has 1 amide bonds. The average molecular weight is 396 g/mol. The Morgan fingerprint density at radius 1 is 1.21 bits per heavy atom. The van der Waals surface area contributed by atoms with Crippen molar-refractivity contribution in [2.45, 2.75) is 25.7 Å². The first-order valence-electron chi connectivity index (χ1n) is 8.88. The minimum Gasteiger partial charge on any atom is -0.496 e. The van der Waals surface area contributed by atoms with Crippen LogP contribution in [0.2, 0.25) is 0 Å². The van der Waals surface area contributed by atoms with Crippen molar-refractivity contribution in [3.63, 3.8) is 0 Å². The quantitative estimate of drug-likeness (QED) is 0.469. The van der Waals surface area contributed by atoms with Crippen LogP contribution in [0.5, 0.6) is 5.75 Å². The largest absolute Gasteiger partial charge is 0.496 e. The second kappa shape index (κ2) is 8.72. The van der Waals surface area contributed by atoms with Gasteiger partial charge in [0.05, 0.1) is 19.8 Å². The average Bonchev–Trinajstić information content (AvgIpc) is 3.09. The van der Waals surface area contributed by atoms with Crippen molar-refractivity contribution in [2.75, 3.05) is 19.5 Å². The Bertz CT molecular complexity index is 985. The van der Waals surface area contributed by atoms with Crippen LogP contribution < -0.4 is 10.1 Å². The molecule has 0 atom stereocenters. The molecule has 0 bridgehead atoms. The molecule has 1 aromatic heterocycles. The number of hydrogen-bond donors (Lipinski definition) is 1. The van der Waals surface area contributed by atoms with E-state index in [1.54, 1.807) is 24.3 Å². The Hall–Kier alpha value is -3.11. The molecular weight excluding hydrogens is 376 g/mol. The smallest absolute Gasteiger partial charge is 0.341 e. The number of rotatable bonds is 5. The van der Waals surface area contributed by atoms with Crippen molar-refractivity contribution >= 4 is 34.3 Å². The molecule has 0 unspecified atom stereocenters. The number of esters is 1. The zero-order valence-corrected chi connectivity index (χ0v) is 16.5. The van der Waals surface area contributed by atoms with Gasteiger partial charge < -0.3 is 14.8 Å². The monoisotopic (exact) mass is 396 g/mol. The molecule has 1 heterocycles. The molecule has 144 valence electrons.